The number of nitrogens with two attached hydrogens (primary N) is 1. The number of anilines is 1. The van der Waals surface area contributed by atoms with Crippen LogP contribution in [0, 0.1) is 17.2 Å². The first-order valence-corrected chi connectivity index (χ1v) is 9.87. The molecule has 0 saturated carbocycles. The molecule has 7 nitrogen and oxygen atoms in total. The van der Waals surface area contributed by atoms with Crippen LogP contribution >= 0.6 is 0 Å². The molecular formula is C20H28N6O. The highest BCUT2D eigenvalue weighted by Crippen LogP contribution is 2.27. The molecule has 0 unspecified atom stereocenters. The fourth-order valence-electron chi connectivity index (χ4n) is 4.39. The number of pyridine rings is 1. The van der Waals surface area contributed by atoms with Gasteiger partial charge in [-0.05, 0) is 63.5 Å². The maximum atomic E-state index is 9.30. The van der Waals surface area contributed by atoms with E-state index in [0.717, 1.165) is 50.5 Å². The molecule has 0 amide bonds. The first-order chi connectivity index (χ1) is 13.2. The predicted octanol–water partition coefficient (Wildman–Crippen LogP) is 1.47. The van der Waals surface area contributed by atoms with Crippen LogP contribution in [0.1, 0.15) is 25.5 Å². The second kappa shape index (κ2) is 7.85. The van der Waals surface area contributed by atoms with Crippen molar-refractivity contribution in [1.82, 2.24) is 14.5 Å². The number of fused-ring (bicyclic) bond motifs is 1. The molecule has 7 heteroatoms. The molecular weight excluding hydrogens is 340 g/mol. The molecule has 2 aliphatic heterocycles. The van der Waals surface area contributed by atoms with E-state index in [1.165, 1.54) is 12.8 Å². The minimum absolute atomic E-state index is 0.170. The van der Waals surface area contributed by atoms with Gasteiger partial charge in [-0.3, -0.25) is 0 Å². The molecule has 0 radical (unpaired) electrons. The summed E-state index contributed by atoms with van der Waals surface area (Å²) in [5.74, 6) is 0.678. The van der Waals surface area contributed by atoms with Crippen molar-refractivity contribution in [2.24, 2.45) is 11.7 Å². The molecule has 2 N–H and O–H groups in total. The number of nitriles is 1. The Labute approximate surface area is 160 Å². The fourth-order valence-corrected chi connectivity index (χ4v) is 4.39. The average molecular weight is 368 g/mol. The number of nitrogens with zero attached hydrogens (tertiary/aromatic N) is 5. The van der Waals surface area contributed by atoms with Crippen molar-refractivity contribution in [3.05, 3.63) is 30.1 Å². The second-order valence-corrected chi connectivity index (χ2v) is 7.80. The molecule has 0 bridgehead atoms. The van der Waals surface area contributed by atoms with Gasteiger partial charge in [0.25, 0.3) is 0 Å². The zero-order valence-corrected chi connectivity index (χ0v) is 15.9. The van der Waals surface area contributed by atoms with Gasteiger partial charge in [0.05, 0.1) is 29.6 Å². The highest BCUT2D eigenvalue weighted by molar-refractivity contribution is 5.74. The summed E-state index contributed by atoms with van der Waals surface area (Å²) in [6, 6.07) is 8.07. The Balaban J connectivity index is 1.48. The number of hydrogen-bond donors (Lipinski definition) is 1. The smallest absolute Gasteiger partial charge is 0.142 e. The van der Waals surface area contributed by atoms with Crippen molar-refractivity contribution in [2.45, 2.75) is 32.0 Å². The van der Waals surface area contributed by atoms with Crippen molar-refractivity contribution in [3.63, 3.8) is 0 Å². The van der Waals surface area contributed by atoms with Gasteiger partial charge in [0.15, 0.2) is 0 Å². The molecule has 2 saturated heterocycles. The van der Waals surface area contributed by atoms with Crippen LogP contribution in [0.5, 0.6) is 0 Å². The largest absolute Gasteiger partial charge is 0.370 e. The standard InChI is InChI=1S/C20H28N6O/c1-15-12-25(19-3-2-17(11-22)26-20(19)4-7-23-26)14-18(27-15)13-24-8-5-16(10-21)6-9-24/h2-4,7,15-16,18H,5-6,8-10,12-14,21H2,1H3/t15-,18+/m1/s1. The highest BCUT2D eigenvalue weighted by atomic mass is 16.5. The average Bonchev–Trinajstić information content (AvgIpc) is 3.17. The normalized spacial score (nSPS) is 25.0. The Morgan fingerprint density at radius 3 is 2.81 bits per heavy atom. The maximum Gasteiger partial charge on any atom is 0.142 e. The third kappa shape index (κ3) is 3.79. The lowest BCUT2D eigenvalue weighted by atomic mass is 9.97. The molecule has 0 spiro atoms. The molecule has 0 aliphatic carbocycles. The first-order valence-electron chi connectivity index (χ1n) is 9.87. The summed E-state index contributed by atoms with van der Waals surface area (Å²) in [6.45, 7) is 7.83. The molecule has 4 heterocycles. The monoisotopic (exact) mass is 368 g/mol. The van der Waals surface area contributed by atoms with Crippen LogP contribution in [-0.2, 0) is 4.74 Å². The summed E-state index contributed by atoms with van der Waals surface area (Å²) in [7, 11) is 0. The lowest BCUT2D eigenvalue weighted by Gasteiger charge is -2.41. The van der Waals surface area contributed by atoms with Gasteiger partial charge >= 0.3 is 0 Å². The van der Waals surface area contributed by atoms with Crippen LogP contribution < -0.4 is 10.6 Å². The summed E-state index contributed by atoms with van der Waals surface area (Å²) in [4.78, 5) is 4.89. The maximum absolute atomic E-state index is 9.30. The number of morpholine rings is 1. The topological polar surface area (TPSA) is 82.8 Å². The highest BCUT2D eigenvalue weighted by Gasteiger charge is 2.29. The number of aromatic nitrogens is 2. The molecule has 0 aromatic carbocycles. The van der Waals surface area contributed by atoms with Crippen molar-refractivity contribution in [1.29, 1.82) is 5.26 Å². The fraction of sp³-hybridized carbons (Fsp3) is 0.600. The number of ether oxygens (including phenoxy) is 1. The van der Waals surface area contributed by atoms with Crippen molar-refractivity contribution < 1.29 is 4.74 Å². The zero-order valence-electron chi connectivity index (χ0n) is 15.9. The molecule has 144 valence electrons. The van der Waals surface area contributed by atoms with Crippen LogP contribution in [0.25, 0.3) is 5.52 Å². The summed E-state index contributed by atoms with van der Waals surface area (Å²) in [6.07, 6.45) is 4.48. The summed E-state index contributed by atoms with van der Waals surface area (Å²) >= 11 is 0. The van der Waals surface area contributed by atoms with Gasteiger partial charge in [0, 0.05) is 19.6 Å². The minimum atomic E-state index is 0.170. The summed E-state index contributed by atoms with van der Waals surface area (Å²) in [5, 5.41) is 13.6. The van der Waals surface area contributed by atoms with E-state index in [1.54, 1.807) is 10.7 Å². The second-order valence-electron chi connectivity index (χ2n) is 7.80. The van der Waals surface area contributed by atoms with E-state index in [4.69, 9.17) is 10.5 Å². The number of likely N-dealkylation sites (tertiary alicyclic amines) is 1. The van der Waals surface area contributed by atoms with Crippen LogP contribution in [-0.4, -0.2) is 66.0 Å². The van der Waals surface area contributed by atoms with Crippen LogP contribution in [0.3, 0.4) is 0 Å². The number of hydrogen-bond acceptors (Lipinski definition) is 6. The van der Waals surface area contributed by atoms with Crippen molar-refractivity contribution in [3.8, 4) is 6.07 Å². The van der Waals surface area contributed by atoms with E-state index in [-0.39, 0.29) is 12.2 Å². The van der Waals surface area contributed by atoms with Crippen LogP contribution in [0.4, 0.5) is 5.69 Å². The van der Waals surface area contributed by atoms with E-state index < -0.39 is 0 Å². The summed E-state index contributed by atoms with van der Waals surface area (Å²) < 4.78 is 7.97. The summed E-state index contributed by atoms with van der Waals surface area (Å²) in [5.41, 5.74) is 8.47. The minimum Gasteiger partial charge on any atom is -0.370 e. The van der Waals surface area contributed by atoms with Gasteiger partial charge in [-0.15, -0.1) is 0 Å². The van der Waals surface area contributed by atoms with E-state index in [9.17, 15) is 5.26 Å². The molecule has 2 aliphatic rings. The van der Waals surface area contributed by atoms with Crippen molar-refractivity contribution in [2.75, 3.05) is 44.2 Å². The Bertz CT molecular complexity index is 819. The van der Waals surface area contributed by atoms with Gasteiger partial charge in [-0.2, -0.15) is 10.4 Å². The Morgan fingerprint density at radius 2 is 2.07 bits per heavy atom. The van der Waals surface area contributed by atoms with Gasteiger partial charge in [-0.25, -0.2) is 4.52 Å². The third-order valence-electron chi connectivity index (χ3n) is 5.82. The van der Waals surface area contributed by atoms with Gasteiger partial charge < -0.3 is 20.3 Å². The van der Waals surface area contributed by atoms with E-state index in [2.05, 4.69) is 27.9 Å². The van der Waals surface area contributed by atoms with E-state index in [1.807, 2.05) is 18.2 Å². The lowest BCUT2D eigenvalue weighted by Crippen LogP contribution is -2.52. The zero-order chi connectivity index (χ0) is 18.8. The Kier molecular flexibility index (Phi) is 5.30. The van der Waals surface area contributed by atoms with E-state index in [0.29, 0.717) is 11.6 Å². The van der Waals surface area contributed by atoms with Crippen molar-refractivity contribution >= 4 is 11.2 Å². The molecule has 2 atom stereocenters. The first kappa shape index (κ1) is 18.2. The molecule has 2 aromatic heterocycles. The molecule has 27 heavy (non-hydrogen) atoms. The van der Waals surface area contributed by atoms with E-state index >= 15 is 0 Å². The predicted molar refractivity (Wildman–Crippen MR) is 105 cm³/mol. The Morgan fingerprint density at radius 1 is 1.26 bits per heavy atom. The van der Waals surface area contributed by atoms with Gasteiger partial charge in [0.2, 0.25) is 0 Å². The third-order valence-corrected chi connectivity index (χ3v) is 5.82. The molecule has 4 rings (SSSR count). The lowest BCUT2D eigenvalue weighted by molar-refractivity contribution is -0.0359. The van der Waals surface area contributed by atoms with Crippen LogP contribution in [0.15, 0.2) is 24.4 Å². The van der Waals surface area contributed by atoms with Gasteiger partial charge in [0.1, 0.15) is 11.8 Å². The molecule has 2 aromatic rings. The molecule has 2 fully saturated rings. The van der Waals surface area contributed by atoms with Crippen LogP contribution in [0.2, 0.25) is 0 Å². The quantitative estimate of drug-likeness (QED) is 0.880. The SMILES string of the molecule is C[C@@H]1CN(c2ccc(C#N)n3nccc23)C[C@H](CN2CCC(CN)CC2)O1. The Hall–Kier alpha value is -2.14. The number of piperidine rings is 1. The van der Waals surface area contributed by atoms with Gasteiger partial charge in [-0.1, -0.05) is 0 Å². The number of rotatable bonds is 4.